The summed E-state index contributed by atoms with van der Waals surface area (Å²) >= 11 is 0. The van der Waals surface area contributed by atoms with Gasteiger partial charge in [-0.2, -0.15) is 0 Å². The van der Waals surface area contributed by atoms with Gasteiger partial charge in [-0.1, -0.05) is 17.7 Å². The Labute approximate surface area is 104 Å². The molecule has 17 heavy (non-hydrogen) atoms. The molecular formula is C16H21N. The van der Waals surface area contributed by atoms with Crippen molar-refractivity contribution in [3.8, 4) is 0 Å². The van der Waals surface area contributed by atoms with Gasteiger partial charge in [0.05, 0.1) is 0 Å². The molecule has 2 aliphatic carbocycles. The van der Waals surface area contributed by atoms with Crippen LogP contribution < -0.4 is 0 Å². The Balaban J connectivity index is 1.79. The fourth-order valence-electron chi connectivity index (χ4n) is 3.97. The van der Waals surface area contributed by atoms with E-state index in [1.54, 1.807) is 16.7 Å². The molecule has 1 saturated carbocycles. The lowest BCUT2D eigenvalue weighted by atomic mass is 9.77. The van der Waals surface area contributed by atoms with Crippen molar-refractivity contribution >= 4 is 0 Å². The average molecular weight is 227 g/mol. The van der Waals surface area contributed by atoms with E-state index in [0.29, 0.717) is 0 Å². The summed E-state index contributed by atoms with van der Waals surface area (Å²) in [5.41, 5.74) is 6.55. The highest BCUT2D eigenvalue weighted by atomic mass is 15.2. The summed E-state index contributed by atoms with van der Waals surface area (Å²) < 4.78 is 0. The zero-order chi connectivity index (χ0) is 11.4. The topological polar surface area (TPSA) is 3.24 Å². The van der Waals surface area contributed by atoms with Gasteiger partial charge in [-0.25, -0.2) is 0 Å². The summed E-state index contributed by atoms with van der Waals surface area (Å²) in [6.45, 7) is 4.83. The van der Waals surface area contributed by atoms with E-state index in [4.69, 9.17) is 0 Å². The molecule has 0 spiro atoms. The number of benzene rings is 1. The Morgan fingerprint density at radius 3 is 2.76 bits per heavy atom. The molecule has 3 aliphatic rings. The van der Waals surface area contributed by atoms with Crippen LogP contribution in [0.15, 0.2) is 12.1 Å². The minimum absolute atomic E-state index is 0.851. The highest BCUT2D eigenvalue weighted by Gasteiger charge is 2.36. The van der Waals surface area contributed by atoms with E-state index in [1.165, 1.54) is 50.8 Å². The van der Waals surface area contributed by atoms with Gasteiger partial charge in [-0.05, 0) is 61.6 Å². The van der Waals surface area contributed by atoms with Gasteiger partial charge in [0.1, 0.15) is 0 Å². The highest BCUT2D eigenvalue weighted by Crippen LogP contribution is 2.42. The first-order valence-electron chi connectivity index (χ1n) is 7.17. The number of aryl methyl sites for hydroxylation is 2. The lowest BCUT2D eigenvalue weighted by molar-refractivity contribution is 0.210. The lowest BCUT2D eigenvalue weighted by Gasteiger charge is -2.39. The summed E-state index contributed by atoms with van der Waals surface area (Å²) in [4.78, 5) is 2.75. The number of hydrogen-bond acceptors (Lipinski definition) is 1. The maximum atomic E-state index is 2.75. The van der Waals surface area contributed by atoms with Gasteiger partial charge in [0.15, 0.2) is 0 Å². The van der Waals surface area contributed by atoms with Crippen LogP contribution in [0, 0.1) is 6.92 Å². The summed E-state index contributed by atoms with van der Waals surface area (Å²) in [5.74, 6) is 0.851. The Kier molecular flexibility index (Phi) is 2.14. The van der Waals surface area contributed by atoms with E-state index < -0.39 is 0 Å². The molecule has 1 heterocycles. The summed E-state index contributed by atoms with van der Waals surface area (Å²) in [5, 5.41) is 0. The molecule has 1 aromatic rings. The zero-order valence-corrected chi connectivity index (χ0v) is 10.7. The van der Waals surface area contributed by atoms with Crippen LogP contribution in [0.1, 0.15) is 53.9 Å². The van der Waals surface area contributed by atoms with Crippen LogP contribution in [0.4, 0.5) is 0 Å². The first-order chi connectivity index (χ1) is 8.31. The molecular weight excluding hydrogens is 206 g/mol. The molecule has 0 aromatic heterocycles. The first kappa shape index (κ1) is 10.1. The molecule has 4 rings (SSSR count). The quantitative estimate of drug-likeness (QED) is 0.711. The average Bonchev–Trinajstić information content (AvgIpc) is 3.12. The second-order valence-corrected chi connectivity index (χ2v) is 6.25. The summed E-state index contributed by atoms with van der Waals surface area (Å²) in [7, 11) is 0. The molecule has 0 amide bonds. The van der Waals surface area contributed by atoms with Crippen molar-refractivity contribution in [3.63, 3.8) is 0 Å². The molecule has 1 nitrogen and oxygen atoms in total. The van der Waals surface area contributed by atoms with Crippen LogP contribution in [0.2, 0.25) is 0 Å². The van der Waals surface area contributed by atoms with Crippen LogP contribution in [-0.2, 0) is 13.0 Å². The SMILES string of the molecule is Cc1cc2c3c(c1)CN(C1CC1)CC3CCC2. The van der Waals surface area contributed by atoms with Crippen LogP contribution in [0.3, 0.4) is 0 Å². The van der Waals surface area contributed by atoms with Crippen LogP contribution >= 0.6 is 0 Å². The maximum Gasteiger partial charge on any atom is 0.0239 e. The Morgan fingerprint density at radius 2 is 1.94 bits per heavy atom. The molecule has 90 valence electrons. The number of rotatable bonds is 1. The van der Waals surface area contributed by atoms with E-state index in [-0.39, 0.29) is 0 Å². The minimum Gasteiger partial charge on any atom is -0.296 e. The third kappa shape index (κ3) is 1.63. The summed E-state index contributed by atoms with van der Waals surface area (Å²) in [6.07, 6.45) is 7.04. The minimum atomic E-state index is 0.851. The van der Waals surface area contributed by atoms with Crippen LogP contribution in [0.25, 0.3) is 0 Å². The smallest absolute Gasteiger partial charge is 0.0239 e. The molecule has 1 atom stereocenters. The van der Waals surface area contributed by atoms with E-state index in [1.807, 2.05) is 0 Å². The molecule has 1 aliphatic heterocycles. The van der Waals surface area contributed by atoms with Gasteiger partial charge < -0.3 is 0 Å². The number of nitrogens with zero attached hydrogens (tertiary/aromatic N) is 1. The fourth-order valence-corrected chi connectivity index (χ4v) is 3.97. The Bertz CT molecular complexity index is 459. The van der Waals surface area contributed by atoms with Crippen molar-refractivity contribution in [1.29, 1.82) is 0 Å². The van der Waals surface area contributed by atoms with Gasteiger partial charge in [-0.3, -0.25) is 4.90 Å². The van der Waals surface area contributed by atoms with Crippen molar-refractivity contribution in [1.82, 2.24) is 4.90 Å². The largest absolute Gasteiger partial charge is 0.296 e. The van der Waals surface area contributed by atoms with Crippen molar-refractivity contribution in [2.24, 2.45) is 0 Å². The van der Waals surface area contributed by atoms with Gasteiger partial charge in [0.25, 0.3) is 0 Å². The van der Waals surface area contributed by atoms with Crippen molar-refractivity contribution < 1.29 is 0 Å². The third-order valence-corrected chi connectivity index (χ3v) is 4.79. The predicted octanol–water partition coefficient (Wildman–Crippen LogP) is 3.39. The maximum absolute atomic E-state index is 2.75. The highest BCUT2D eigenvalue weighted by molar-refractivity contribution is 5.44. The molecule has 0 radical (unpaired) electrons. The molecule has 0 N–H and O–H groups in total. The van der Waals surface area contributed by atoms with E-state index in [2.05, 4.69) is 24.0 Å². The van der Waals surface area contributed by atoms with Gasteiger partial charge in [-0.15, -0.1) is 0 Å². The molecule has 1 unspecified atom stereocenters. The number of hydrogen-bond donors (Lipinski definition) is 0. The molecule has 0 bridgehead atoms. The normalized spacial score (nSPS) is 27.9. The van der Waals surface area contributed by atoms with E-state index in [0.717, 1.165) is 12.0 Å². The zero-order valence-electron chi connectivity index (χ0n) is 10.7. The second kappa shape index (κ2) is 3.58. The fraction of sp³-hybridized carbons (Fsp3) is 0.625. The van der Waals surface area contributed by atoms with Crippen LogP contribution in [-0.4, -0.2) is 17.5 Å². The van der Waals surface area contributed by atoms with E-state index >= 15 is 0 Å². The predicted molar refractivity (Wildman–Crippen MR) is 70.3 cm³/mol. The van der Waals surface area contributed by atoms with Gasteiger partial charge in [0.2, 0.25) is 0 Å². The molecule has 0 saturated heterocycles. The lowest BCUT2D eigenvalue weighted by Crippen LogP contribution is -2.37. The van der Waals surface area contributed by atoms with E-state index in [9.17, 15) is 0 Å². The van der Waals surface area contributed by atoms with Crippen LogP contribution in [0.5, 0.6) is 0 Å². The third-order valence-electron chi connectivity index (χ3n) is 4.79. The molecule has 1 heteroatoms. The molecule has 1 aromatic carbocycles. The van der Waals surface area contributed by atoms with Crippen molar-refractivity contribution in [3.05, 3.63) is 34.4 Å². The summed E-state index contributed by atoms with van der Waals surface area (Å²) in [6, 6.07) is 5.82. The Morgan fingerprint density at radius 1 is 1.12 bits per heavy atom. The second-order valence-electron chi connectivity index (χ2n) is 6.25. The van der Waals surface area contributed by atoms with Crippen molar-refractivity contribution in [2.75, 3.05) is 6.54 Å². The Hall–Kier alpha value is -0.820. The standard InChI is InChI=1S/C16H21N/c1-11-7-12-3-2-4-13-9-17(15-5-6-15)10-14(8-11)16(12)13/h7-8,13,15H,2-6,9-10H2,1H3. The monoisotopic (exact) mass is 227 g/mol. The molecule has 1 fully saturated rings. The van der Waals surface area contributed by atoms with Gasteiger partial charge in [0, 0.05) is 19.1 Å². The first-order valence-corrected chi connectivity index (χ1v) is 7.17. The van der Waals surface area contributed by atoms with Crippen molar-refractivity contribution in [2.45, 2.75) is 57.5 Å². The van der Waals surface area contributed by atoms with Gasteiger partial charge >= 0.3 is 0 Å².